The number of nitrogens with one attached hydrogen (secondary N) is 1. The molecule has 0 saturated carbocycles. The van der Waals surface area contributed by atoms with E-state index in [2.05, 4.69) is 5.10 Å². The van der Waals surface area contributed by atoms with Crippen molar-refractivity contribution in [3.05, 3.63) is 66.2 Å². The highest BCUT2D eigenvalue weighted by Gasteiger charge is 2.22. The highest BCUT2D eigenvalue weighted by Crippen LogP contribution is 2.22. The number of para-hydroxylation sites is 1. The summed E-state index contributed by atoms with van der Waals surface area (Å²) in [5.41, 5.74) is 2.97. The molecule has 2 aromatic carbocycles. The summed E-state index contributed by atoms with van der Waals surface area (Å²) in [5, 5.41) is 14.3. The Morgan fingerprint density at radius 2 is 1.50 bits per heavy atom. The molecule has 0 aromatic heterocycles. The summed E-state index contributed by atoms with van der Waals surface area (Å²) in [7, 11) is 0. The second-order valence-corrected chi connectivity index (χ2v) is 4.18. The lowest BCUT2D eigenvalue weighted by Crippen LogP contribution is -2.18. The first-order chi connectivity index (χ1) is 8.84. The topological polar surface area (TPSA) is 39.5 Å². The van der Waals surface area contributed by atoms with Crippen molar-refractivity contribution in [1.82, 2.24) is 0 Å². The third-order valence-corrected chi connectivity index (χ3v) is 2.92. The van der Waals surface area contributed by atoms with Gasteiger partial charge in [-0.05, 0) is 17.7 Å². The molecule has 0 bridgehead atoms. The molecule has 2 aromatic rings. The van der Waals surface area contributed by atoms with Gasteiger partial charge in [0.25, 0.3) is 0 Å². The van der Waals surface area contributed by atoms with Gasteiger partial charge in [0, 0.05) is 0 Å². The van der Waals surface area contributed by atoms with Crippen molar-refractivity contribution < 1.29 is 0 Å². The molecule has 3 heteroatoms. The molecule has 1 aliphatic rings. The maximum Gasteiger partial charge on any atom is 0.128 e. The van der Waals surface area contributed by atoms with Crippen LogP contribution in [0, 0.1) is 5.41 Å². The lowest BCUT2D eigenvalue weighted by Gasteiger charge is -2.12. The number of rotatable bonds is 2. The van der Waals surface area contributed by atoms with Gasteiger partial charge in [-0.1, -0.05) is 48.5 Å². The Balaban J connectivity index is 1.95. The van der Waals surface area contributed by atoms with E-state index >= 15 is 0 Å². The summed E-state index contributed by atoms with van der Waals surface area (Å²) in [6.07, 6.45) is 0.582. The van der Waals surface area contributed by atoms with Crippen molar-refractivity contribution in [3.63, 3.8) is 0 Å². The van der Waals surface area contributed by atoms with Gasteiger partial charge in [-0.25, -0.2) is 5.01 Å². The van der Waals surface area contributed by atoms with E-state index in [-0.39, 0.29) is 0 Å². The van der Waals surface area contributed by atoms with E-state index in [1.807, 2.05) is 60.7 Å². The van der Waals surface area contributed by atoms with Gasteiger partial charge in [0.1, 0.15) is 5.84 Å². The molecule has 18 heavy (non-hydrogen) atoms. The summed E-state index contributed by atoms with van der Waals surface area (Å²) in [5.74, 6) is 0.514. The van der Waals surface area contributed by atoms with Crippen LogP contribution in [-0.4, -0.2) is 11.5 Å². The van der Waals surface area contributed by atoms with Crippen molar-refractivity contribution in [2.75, 3.05) is 5.01 Å². The zero-order chi connectivity index (χ0) is 12.4. The molecule has 3 rings (SSSR count). The summed E-state index contributed by atoms with van der Waals surface area (Å²) >= 11 is 0. The normalized spacial score (nSPS) is 14.8. The molecule has 0 unspecified atom stereocenters. The van der Waals surface area contributed by atoms with Crippen LogP contribution in [0.4, 0.5) is 5.69 Å². The minimum absolute atomic E-state index is 0.514. The Morgan fingerprint density at radius 1 is 0.889 bits per heavy atom. The predicted octanol–water partition coefficient (Wildman–Crippen LogP) is 3.28. The maximum atomic E-state index is 8.03. The summed E-state index contributed by atoms with van der Waals surface area (Å²) in [4.78, 5) is 0. The van der Waals surface area contributed by atoms with Gasteiger partial charge in [-0.2, -0.15) is 5.10 Å². The largest absolute Gasteiger partial charge is 0.286 e. The molecule has 1 heterocycles. The zero-order valence-corrected chi connectivity index (χ0v) is 9.88. The lowest BCUT2D eigenvalue weighted by molar-refractivity contribution is 1.14. The maximum absolute atomic E-state index is 8.03. The average molecular weight is 235 g/mol. The van der Waals surface area contributed by atoms with Gasteiger partial charge < -0.3 is 0 Å². The smallest absolute Gasteiger partial charge is 0.128 e. The molecule has 1 N–H and O–H groups in total. The second-order valence-electron chi connectivity index (χ2n) is 4.18. The van der Waals surface area contributed by atoms with Crippen molar-refractivity contribution >= 4 is 17.2 Å². The molecule has 0 spiro atoms. The van der Waals surface area contributed by atoms with E-state index in [0.29, 0.717) is 12.3 Å². The number of amidine groups is 1. The van der Waals surface area contributed by atoms with Crippen LogP contribution in [0.2, 0.25) is 0 Å². The predicted molar refractivity (Wildman–Crippen MR) is 74.2 cm³/mol. The third-order valence-electron chi connectivity index (χ3n) is 2.92. The molecule has 0 radical (unpaired) electrons. The van der Waals surface area contributed by atoms with Gasteiger partial charge in [0.15, 0.2) is 0 Å². The number of hydrogen-bond donors (Lipinski definition) is 1. The van der Waals surface area contributed by atoms with E-state index in [4.69, 9.17) is 5.41 Å². The Morgan fingerprint density at radius 3 is 2.17 bits per heavy atom. The zero-order valence-electron chi connectivity index (χ0n) is 9.88. The van der Waals surface area contributed by atoms with Crippen molar-refractivity contribution in [1.29, 1.82) is 5.41 Å². The summed E-state index contributed by atoms with van der Waals surface area (Å²) in [6, 6.07) is 19.8. The molecular weight excluding hydrogens is 222 g/mol. The number of hydrazone groups is 1. The molecule has 1 aliphatic heterocycles. The van der Waals surface area contributed by atoms with Crippen LogP contribution in [0.3, 0.4) is 0 Å². The molecular formula is C15H13N3. The monoisotopic (exact) mass is 235 g/mol. The number of benzene rings is 2. The van der Waals surface area contributed by atoms with Crippen molar-refractivity contribution in [3.8, 4) is 0 Å². The van der Waals surface area contributed by atoms with Crippen LogP contribution in [0.5, 0.6) is 0 Å². The van der Waals surface area contributed by atoms with Crippen LogP contribution in [-0.2, 0) is 0 Å². The van der Waals surface area contributed by atoms with Crippen LogP contribution in [0.15, 0.2) is 65.8 Å². The minimum Gasteiger partial charge on any atom is -0.286 e. The molecule has 0 atom stereocenters. The number of anilines is 1. The van der Waals surface area contributed by atoms with Crippen LogP contribution in [0.25, 0.3) is 0 Å². The van der Waals surface area contributed by atoms with Gasteiger partial charge in [-0.3, -0.25) is 5.41 Å². The Labute approximate surface area is 106 Å². The highest BCUT2D eigenvalue weighted by molar-refractivity contribution is 6.20. The lowest BCUT2D eigenvalue weighted by atomic mass is 10.1. The first-order valence-corrected chi connectivity index (χ1v) is 5.90. The average Bonchev–Trinajstić information content (AvgIpc) is 2.83. The standard InChI is InChI=1S/C15H13N3/c16-15-11-14(12-7-3-1-4-8-12)17-18(15)13-9-5-2-6-10-13/h1-10,16H,11H2. The molecule has 0 aliphatic carbocycles. The minimum atomic E-state index is 0.514. The molecule has 3 nitrogen and oxygen atoms in total. The third kappa shape index (κ3) is 1.91. The summed E-state index contributed by atoms with van der Waals surface area (Å²) in [6.45, 7) is 0. The van der Waals surface area contributed by atoms with Gasteiger partial charge >= 0.3 is 0 Å². The van der Waals surface area contributed by atoms with Gasteiger partial charge in [0.2, 0.25) is 0 Å². The number of hydrogen-bond acceptors (Lipinski definition) is 2. The molecule has 88 valence electrons. The molecule has 0 fully saturated rings. The fourth-order valence-electron chi connectivity index (χ4n) is 2.02. The fraction of sp³-hybridized carbons (Fsp3) is 0.0667. The van der Waals surface area contributed by atoms with Gasteiger partial charge in [0.05, 0.1) is 17.8 Å². The van der Waals surface area contributed by atoms with E-state index in [1.54, 1.807) is 5.01 Å². The van der Waals surface area contributed by atoms with E-state index < -0.39 is 0 Å². The number of nitrogens with zero attached hydrogens (tertiary/aromatic N) is 2. The van der Waals surface area contributed by atoms with E-state index in [9.17, 15) is 0 Å². The first kappa shape index (κ1) is 10.7. The summed E-state index contributed by atoms with van der Waals surface area (Å²) < 4.78 is 0. The van der Waals surface area contributed by atoms with E-state index in [1.165, 1.54) is 0 Å². The first-order valence-electron chi connectivity index (χ1n) is 5.90. The van der Waals surface area contributed by atoms with E-state index in [0.717, 1.165) is 17.0 Å². The van der Waals surface area contributed by atoms with Crippen LogP contribution in [0.1, 0.15) is 12.0 Å². The Hall–Kier alpha value is -2.42. The van der Waals surface area contributed by atoms with Crippen molar-refractivity contribution in [2.45, 2.75) is 6.42 Å². The quantitative estimate of drug-likeness (QED) is 0.852. The molecule has 0 amide bonds. The SMILES string of the molecule is N=C1CC(c2ccccc2)=NN1c1ccccc1. The van der Waals surface area contributed by atoms with Gasteiger partial charge in [-0.15, -0.1) is 0 Å². The van der Waals surface area contributed by atoms with Crippen LogP contribution < -0.4 is 5.01 Å². The second kappa shape index (κ2) is 4.45. The Kier molecular flexibility index (Phi) is 2.65. The van der Waals surface area contributed by atoms with Crippen LogP contribution >= 0.6 is 0 Å². The van der Waals surface area contributed by atoms with Crippen molar-refractivity contribution in [2.24, 2.45) is 5.10 Å². The highest BCUT2D eigenvalue weighted by atomic mass is 15.5. The molecule has 0 saturated heterocycles. The Bertz CT molecular complexity index is 588. The fourth-order valence-corrected chi connectivity index (χ4v) is 2.02.